The summed E-state index contributed by atoms with van der Waals surface area (Å²) in [5, 5.41) is 8.46. The summed E-state index contributed by atoms with van der Waals surface area (Å²) in [7, 11) is 0. The highest BCUT2D eigenvalue weighted by Gasteiger charge is 2.12. The molecule has 0 spiro atoms. The van der Waals surface area contributed by atoms with Crippen LogP contribution in [0.25, 0.3) is 21.8 Å². The predicted molar refractivity (Wildman–Crippen MR) is 125 cm³/mol. The zero-order chi connectivity index (χ0) is 21.9. The number of aromatic nitrogens is 3. The lowest BCUT2D eigenvalue weighted by Crippen LogP contribution is -2.28. The topological polar surface area (TPSA) is 68.9 Å². The number of pyridine rings is 1. The van der Waals surface area contributed by atoms with Crippen molar-refractivity contribution in [3.8, 4) is 0 Å². The first kappa shape index (κ1) is 19.8. The van der Waals surface area contributed by atoms with E-state index in [1.165, 1.54) is 0 Å². The molecule has 0 aliphatic carbocycles. The van der Waals surface area contributed by atoms with Gasteiger partial charge in [0.05, 0.1) is 17.6 Å². The number of carbonyl (C=O) groups is 1. The Morgan fingerprint density at radius 2 is 1.44 bits per heavy atom. The van der Waals surface area contributed by atoms with E-state index in [9.17, 15) is 9.59 Å². The molecular weight excluding hydrogens is 400 g/mol. The number of rotatable bonds is 6. The van der Waals surface area contributed by atoms with Gasteiger partial charge in [0.2, 0.25) is 5.91 Å². The molecule has 158 valence electrons. The lowest BCUT2D eigenvalue weighted by atomic mass is 10.1. The number of carbonyl (C=O) groups excluding carboxylic acids is 1. The minimum absolute atomic E-state index is 0.0111. The lowest BCUT2D eigenvalue weighted by molar-refractivity contribution is -0.121. The number of hydrogen-bond acceptors (Lipinski definition) is 3. The van der Waals surface area contributed by atoms with Gasteiger partial charge in [-0.25, -0.2) is 0 Å². The highest BCUT2D eigenvalue weighted by Crippen LogP contribution is 2.19. The number of nitrogens with one attached hydrogen (secondary N) is 1. The largest absolute Gasteiger partial charge is 0.350 e. The summed E-state index contributed by atoms with van der Waals surface area (Å²) >= 11 is 0. The van der Waals surface area contributed by atoms with Crippen LogP contribution in [0.3, 0.4) is 0 Å². The smallest absolute Gasteiger partial charge is 0.240 e. The minimum atomic E-state index is -0.107. The van der Waals surface area contributed by atoms with E-state index in [2.05, 4.69) is 10.4 Å². The maximum absolute atomic E-state index is 12.8. The molecule has 6 heteroatoms. The molecule has 0 aliphatic heterocycles. The standard InChI is InChI=1S/C26H22N4O2/c31-25(27-16-19-10-12-20(13-11-19)17-29-15-5-14-28-29)18-30-23-8-3-1-6-21(23)26(32)22-7-2-4-9-24(22)30/h1-15H,16-18H2,(H,27,31). The highest BCUT2D eigenvalue weighted by molar-refractivity contribution is 5.94. The summed E-state index contributed by atoms with van der Waals surface area (Å²) in [5.74, 6) is -0.107. The number of fused-ring (bicyclic) bond motifs is 2. The fraction of sp³-hybridized carbons (Fsp3) is 0.115. The molecule has 0 atom stereocenters. The van der Waals surface area contributed by atoms with Crippen molar-refractivity contribution in [3.05, 3.63) is 113 Å². The molecule has 0 saturated heterocycles. The van der Waals surface area contributed by atoms with Gasteiger partial charge in [0.15, 0.2) is 5.43 Å². The van der Waals surface area contributed by atoms with E-state index < -0.39 is 0 Å². The minimum Gasteiger partial charge on any atom is -0.350 e. The van der Waals surface area contributed by atoms with Crippen molar-refractivity contribution in [1.29, 1.82) is 0 Å². The summed E-state index contributed by atoms with van der Waals surface area (Å²) in [5.41, 5.74) is 3.68. The van der Waals surface area contributed by atoms with E-state index in [1.54, 1.807) is 6.20 Å². The summed E-state index contributed by atoms with van der Waals surface area (Å²) in [6.45, 7) is 1.29. The fourth-order valence-corrected chi connectivity index (χ4v) is 3.99. The van der Waals surface area contributed by atoms with Crippen LogP contribution in [-0.4, -0.2) is 20.3 Å². The van der Waals surface area contributed by atoms with E-state index >= 15 is 0 Å². The molecule has 2 heterocycles. The molecular formula is C26H22N4O2. The molecule has 0 aliphatic rings. The Morgan fingerprint density at radius 3 is 2.06 bits per heavy atom. The Kier molecular flexibility index (Phi) is 5.25. The van der Waals surface area contributed by atoms with Crippen molar-refractivity contribution < 1.29 is 4.79 Å². The molecule has 1 amide bonds. The molecule has 0 bridgehead atoms. The Bertz CT molecular complexity index is 1390. The number of amides is 1. The van der Waals surface area contributed by atoms with Crippen LogP contribution in [0.5, 0.6) is 0 Å². The first-order chi connectivity index (χ1) is 15.7. The van der Waals surface area contributed by atoms with Gasteiger partial charge in [0.1, 0.15) is 6.54 Å². The third-order valence-corrected chi connectivity index (χ3v) is 5.60. The average molecular weight is 422 g/mol. The number of para-hydroxylation sites is 2. The van der Waals surface area contributed by atoms with Crippen LogP contribution in [-0.2, 0) is 24.4 Å². The fourth-order valence-electron chi connectivity index (χ4n) is 3.99. The van der Waals surface area contributed by atoms with E-state index in [-0.39, 0.29) is 17.9 Å². The Morgan fingerprint density at radius 1 is 0.812 bits per heavy atom. The molecule has 3 aromatic carbocycles. The zero-order valence-electron chi connectivity index (χ0n) is 17.4. The Balaban J connectivity index is 1.33. The predicted octanol–water partition coefficient (Wildman–Crippen LogP) is 3.72. The van der Waals surface area contributed by atoms with Gasteiger partial charge in [-0.1, -0.05) is 48.5 Å². The number of benzene rings is 3. The number of hydrogen-bond donors (Lipinski definition) is 1. The quantitative estimate of drug-likeness (QED) is 0.424. The van der Waals surface area contributed by atoms with E-state index in [1.807, 2.05) is 94.3 Å². The van der Waals surface area contributed by atoms with Gasteiger partial charge in [0.25, 0.3) is 0 Å². The van der Waals surface area contributed by atoms with Gasteiger partial charge in [0, 0.05) is 29.7 Å². The maximum atomic E-state index is 12.8. The molecule has 0 fully saturated rings. The van der Waals surface area contributed by atoms with Crippen LogP contribution in [0.2, 0.25) is 0 Å². The average Bonchev–Trinajstić information content (AvgIpc) is 3.34. The van der Waals surface area contributed by atoms with Crippen LogP contribution in [0.4, 0.5) is 0 Å². The van der Waals surface area contributed by atoms with E-state index in [4.69, 9.17) is 0 Å². The van der Waals surface area contributed by atoms with Gasteiger partial charge < -0.3 is 9.88 Å². The van der Waals surface area contributed by atoms with Crippen molar-refractivity contribution in [2.75, 3.05) is 0 Å². The van der Waals surface area contributed by atoms with Gasteiger partial charge >= 0.3 is 0 Å². The Hall–Kier alpha value is -4.19. The number of nitrogens with zero attached hydrogens (tertiary/aromatic N) is 3. The molecule has 32 heavy (non-hydrogen) atoms. The van der Waals surface area contributed by atoms with Crippen molar-refractivity contribution >= 4 is 27.7 Å². The van der Waals surface area contributed by atoms with Crippen molar-refractivity contribution in [3.63, 3.8) is 0 Å². The molecule has 0 radical (unpaired) electrons. The first-order valence-corrected chi connectivity index (χ1v) is 10.5. The molecule has 5 rings (SSSR count). The SMILES string of the molecule is O=C(Cn1c2ccccc2c(=O)c2ccccc21)NCc1ccc(Cn2cccn2)cc1. The Labute approximate surface area is 184 Å². The third-order valence-electron chi connectivity index (χ3n) is 5.60. The maximum Gasteiger partial charge on any atom is 0.240 e. The van der Waals surface area contributed by atoms with Gasteiger partial charge in [-0.15, -0.1) is 0 Å². The molecule has 6 nitrogen and oxygen atoms in total. The molecule has 2 aromatic heterocycles. The second kappa shape index (κ2) is 8.51. The van der Waals surface area contributed by atoms with Crippen LogP contribution < -0.4 is 10.7 Å². The van der Waals surface area contributed by atoms with Crippen molar-refractivity contribution in [2.24, 2.45) is 0 Å². The molecule has 5 aromatic rings. The van der Waals surface area contributed by atoms with Gasteiger partial charge in [-0.05, 0) is 41.5 Å². The van der Waals surface area contributed by atoms with Crippen LogP contribution in [0.1, 0.15) is 11.1 Å². The summed E-state index contributed by atoms with van der Waals surface area (Å²) in [4.78, 5) is 25.7. The summed E-state index contributed by atoms with van der Waals surface area (Å²) < 4.78 is 3.78. The van der Waals surface area contributed by atoms with Crippen LogP contribution in [0.15, 0.2) is 96.1 Å². The third kappa shape index (κ3) is 3.90. The van der Waals surface area contributed by atoms with Crippen LogP contribution >= 0.6 is 0 Å². The van der Waals surface area contributed by atoms with E-state index in [0.29, 0.717) is 23.9 Å². The highest BCUT2D eigenvalue weighted by atomic mass is 16.2. The van der Waals surface area contributed by atoms with Gasteiger partial charge in [-0.3, -0.25) is 14.3 Å². The summed E-state index contributed by atoms with van der Waals surface area (Å²) in [6.07, 6.45) is 3.69. The summed E-state index contributed by atoms with van der Waals surface area (Å²) in [6, 6.07) is 24.9. The van der Waals surface area contributed by atoms with Crippen LogP contribution in [0, 0.1) is 0 Å². The van der Waals surface area contributed by atoms with Crippen molar-refractivity contribution in [2.45, 2.75) is 19.6 Å². The molecule has 0 saturated carbocycles. The second-order valence-corrected chi connectivity index (χ2v) is 7.75. The van der Waals surface area contributed by atoms with Gasteiger partial charge in [-0.2, -0.15) is 5.10 Å². The monoisotopic (exact) mass is 422 g/mol. The lowest BCUT2D eigenvalue weighted by Gasteiger charge is -2.15. The van der Waals surface area contributed by atoms with Crippen molar-refractivity contribution in [1.82, 2.24) is 19.7 Å². The zero-order valence-corrected chi connectivity index (χ0v) is 17.4. The normalized spacial score (nSPS) is 11.1. The first-order valence-electron chi connectivity index (χ1n) is 10.5. The molecule has 0 unspecified atom stereocenters. The van der Waals surface area contributed by atoms with E-state index in [0.717, 1.165) is 22.2 Å². The molecule has 1 N–H and O–H groups in total. The second-order valence-electron chi connectivity index (χ2n) is 7.75.